The maximum Gasteiger partial charge on any atom is 0.185 e. The highest BCUT2D eigenvalue weighted by molar-refractivity contribution is 6.69. The van der Waals surface area contributed by atoms with Crippen molar-refractivity contribution >= 4 is 8.32 Å². The van der Waals surface area contributed by atoms with E-state index in [1.54, 1.807) is 0 Å². The molecule has 3 aromatic rings. The number of benzene rings is 2. The van der Waals surface area contributed by atoms with Crippen LogP contribution in [-0.4, -0.2) is 18.9 Å². The Balaban J connectivity index is 1.67. The van der Waals surface area contributed by atoms with Gasteiger partial charge in [0.1, 0.15) is 5.60 Å². The van der Waals surface area contributed by atoms with Gasteiger partial charge in [-0.3, -0.25) is 4.98 Å². The van der Waals surface area contributed by atoms with E-state index in [1.165, 1.54) is 46.2 Å². The third-order valence-corrected chi connectivity index (χ3v) is 9.60. The van der Waals surface area contributed by atoms with Crippen LogP contribution in [0.5, 0.6) is 0 Å². The van der Waals surface area contributed by atoms with Crippen molar-refractivity contribution < 1.29 is 4.43 Å². The zero-order valence-electron chi connectivity index (χ0n) is 25.5. The molecule has 0 atom stereocenters. The van der Waals surface area contributed by atoms with Crippen LogP contribution in [0.25, 0.3) is 11.1 Å². The lowest BCUT2D eigenvalue weighted by molar-refractivity contribution is 0.130. The Morgan fingerprint density at radius 3 is 2.03 bits per heavy atom. The first-order chi connectivity index (χ1) is 18.5. The number of pyridine rings is 1. The zero-order valence-corrected chi connectivity index (χ0v) is 26.5. The highest BCUT2D eigenvalue weighted by Gasteiger charge is 2.37. The van der Waals surface area contributed by atoms with Gasteiger partial charge in [0.05, 0.1) is 0 Å². The van der Waals surface area contributed by atoms with Crippen molar-refractivity contribution in [2.24, 2.45) is 0 Å². The highest BCUT2D eigenvalue weighted by Crippen LogP contribution is 2.41. The molecule has 1 aliphatic rings. The average Bonchev–Trinajstić information content (AvgIpc) is 3.36. The SMILES string of the molecule is CCc1ccc(-c2ccc(C(CC)(CC)c3ccc(C#CC4(O[Si](C)(C)C)CCCC4)c(C)c3)cc2C)cn1. The van der Waals surface area contributed by atoms with E-state index in [9.17, 15) is 0 Å². The van der Waals surface area contributed by atoms with Gasteiger partial charge in [0.15, 0.2) is 8.32 Å². The number of hydrogen-bond donors (Lipinski definition) is 0. The summed E-state index contributed by atoms with van der Waals surface area (Å²) >= 11 is 0. The van der Waals surface area contributed by atoms with E-state index in [0.717, 1.165) is 43.4 Å². The zero-order chi connectivity index (χ0) is 28.3. The molecule has 0 unspecified atom stereocenters. The first-order valence-corrected chi connectivity index (χ1v) is 18.4. The second-order valence-electron chi connectivity index (χ2n) is 12.4. The van der Waals surface area contributed by atoms with Gasteiger partial charge in [-0.25, -0.2) is 0 Å². The second-order valence-corrected chi connectivity index (χ2v) is 16.8. The van der Waals surface area contributed by atoms with Crippen LogP contribution >= 0.6 is 0 Å². The van der Waals surface area contributed by atoms with Gasteiger partial charge < -0.3 is 4.43 Å². The van der Waals surface area contributed by atoms with Crippen LogP contribution in [0.3, 0.4) is 0 Å². The summed E-state index contributed by atoms with van der Waals surface area (Å²) in [4.78, 5) is 4.63. The molecule has 1 heterocycles. The van der Waals surface area contributed by atoms with E-state index in [4.69, 9.17) is 4.43 Å². The Hall–Kier alpha value is -2.67. The van der Waals surface area contributed by atoms with Crippen molar-refractivity contribution in [2.45, 2.75) is 110 Å². The average molecular weight is 538 g/mol. The molecule has 39 heavy (non-hydrogen) atoms. The lowest BCUT2D eigenvalue weighted by Gasteiger charge is -2.34. The smallest absolute Gasteiger partial charge is 0.185 e. The summed E-state index contributed by atoms with van der Waals surface area (Å²) in [5.74, 6) is 7.18. The minimum atomic E-state index is -1.67. The molecular weight excluding hydrogens is 490 g/mol. The van der Waals surface area contributed by atoms with Gasteiger partial charge >= 0.3 is 0 Å². The molecule has 1 saturated carbocycles. The van der Waals surface area contributed by atoms with E-state index < -0.39 is 8.32 Å². The fourth-order valence-corrected chi connectivity index (χ4v) is 7.81. The van der Waals surface area contributed by atoms with E-state index in [-0.39, 0.29) is 11.0 Å². The Kier molecular flexibility index (Phi) is 8.89. The summed E-state index contributed by atoms with van der Waals surface area (Å²) in [5.41, 5.74) is 9.75. The molecule has 206 valence electrons. The summed E-state index contributed by atoms with van der Waals surface area (Å²) in [6.45, 7) is 18.1. The highest BCUT2D eigenvalue weighted by atomic mass is 28.4. The predicted molar refractivity (Wildman–Crippen MR) is 169 cm³/mol. The maximum absolute atomic E-state index is 6.64. The summed E-state index contributed by atoms with van der Waals surface area (Å²) in [7, 11) is -1.67. The van der Waals surface area contributed by atoms with Gasteiger partial charge in [-0.2, -0.15) is 0 Å². The fraction of sp³-hybridized carbons (Fsp3) is 0.472. The molecule has 0 bridgehead atoms. The lowest BCUT2D eigenvalue weighted by Crippen LogP contribution is -2.39. The maximum atomic E-state index is 6.64. The van der Waals surface area contributed by atoms with Gasteiger partial charge in [-0.1, -0.05) is 69.0 Å². The van der Waals surface area contributed by atoms with Crippen LogP contribution in [0.2, 0.25) is 19.6 Å². The van der Waals surface area contributed by atoms with E-state index in [1.807, 2.05) is 6.20 Å². The summed E-state index contributed by atoms with van der Waals surface area (Å²) in [6.07, 6.45) is 9.62. The van der Waals surface area contributed by atoms with Crippen LogP contribution in [0.15, 0.2) is 54.7 Å². The number of hydrogen-bond acceptors (Lipinski definition) is 2. The lowest BCUT2D eigenvalue weighted by atomic mass is 9.69. The van der Waals surface area contributed by atoms with Gasteiger partial charge in [-0.05, 0) is 118 Å². The molecule has 3 heteroatoms. The summed E-state index contributed by atoms with van der Waals surface area (Å²) in [6, 6.07) is 18.3. The van der Waals surface area contributed by atoms with Crippen LogP contribution in [0.4, 0.5) is 0 Å². The molecule has 1 fully saturated rings. The van der Waals surface area contributed by atoms with Crippen molar-refractivity contribution in [1.82, 2.24) is 4.98 Å². The monoisotopic (exact) mass is 537 g/mol. The van der Waals surface area contributed by atoms with Crippen LogP contribution in [0.1, 0.15) is 92.8 Å². The van der Waals surface area contributed by atoms with Crippen LogP contribution in [-0.2, 0) is 16.3 Å². The van der Waals surface area contributed by atoms with E-state index >= 15 is 0 Å². The molecule has 0 radical (unpaired) electrons. The number of nitrogens with zero attached hydrogens (tertiary/aromatic N) is 1. The Labute approximate surface area is 238 Å². The third-order valence-electron chi connectivity index (χ3n) is 8.60. The molecule has 0 N–H and O–H groups in total. The number of aromatic nitrogens is 1. The molecule has 4 rings (SSSR count). The molecule has 2 nitrogen and oxygen atoms in total. The molecule has 0 spiro atoms. The topological polar surface area (TPSA) is 22.1 Å². The van der Waals surface area contributed by atoms with Crippen LogP contribution < -0.4 is 0 Å². The van der Waals surface area contributed by atoms with Crippen molar-refractivity contribution in [3.05, 3.63) is 88.2 Å². The predicted octanol–water partition coefficient (Wildman–Crippen LogP) is 9.55. The van der Waals surface area contributed by atoms with Gasteiger partial charge in [0.2, 0.25) is 0 Å². The normalized spacial score (nSPS) is 15.2. The molecule has 2 aromatic carbocycles. The number of aryl methyl sites for hydroxylation is 3. The van der Waals surface area contributed by atoms with E-state index in [2.05, 4.69) is 120 Å². The largest absolute Gasteiger partial charge is 0.402 e. The minimum Gasteiger partial charge on any atom is -0.402 e. The standard InChI is InChI=1S/C36H47NOSi/c1-9-33-18-15-30(26-37-33)34-19-17-32(25-28(34)5)36(10-2,11-3)31-16-14-29(27(4)24-31)20-23-35(21-12-13-22-35)38-39(6,7)8/h14-19,24-26H,9-13,21-22H2,1-8H3. The van der Waals surface area contributed by atoms with Gasteiger partial charge in [-0.15, -0.1) is 0 Å². The first kappa shape index (κ1) is 29.3. The molecule has 0 amide bonds. The van der Waals surface area contributed by atoms with Crippen molar-refractivity contribution in [1.29, 1.82) is 0 Å². The number of rotatable bonds is 8. The fourth-order valence-electron chi connectivity index (χ4n) is 6.38. The summed E-state index contributed by atoms with van der Waals surface area (Å²) < 4.78 is 6.64. The third kappa shape index (κ3) is 6.40. The van der Waals surface area contributed by atoms with Crippen molar-refractivity contribution in [2.75, 3.05) is 0 Å². The molecular formula is C36H47NOSi. The molecule has 1 aliphatic carbocycles. The van der Waals surface area contributed by atoms with Gasteiger partial charge in [0.25, 0.3) is 0 Å². The first-order valence-electron chi connectivity index (χ1n) is 15.0. The molecule has 0 saturated heterocycles. The minimum absolute atomic E-state index is 0.0298. The second kappa shape index (κ2) is 11.8. The Morgan fingerprint density at radius 2 is 1.51 bits per heavy atom. The Bertz CT molecular complexity index is 1340. The quantitative estimate of drug-likeness (QED) is 0.211. The Morgan fingerprint density at radius 1 is 0.872 bits per heavy atom. The van der Waals surface area contributed by atoms with Crippen LogP contribution in [0, 0.1) is 25.7 Å². The van der Waals surface area contributed by atoms with Crippen molar-refractivity contribution in [3.8, 4) is 23.0 Å². The van der Waals surface area contributed by atoms with Gasteiger partial charge in [0, 0.05) is 28.4 Å². The van der Waals surface area contributed by atoms with Crippen molar-refractivity contribution in [3.63, 3.8) is 0 Å². The molecule has 0 aliphatic heterocycles. The van der Waals surface area contributed by atoms with E-state index in [0.29, 0.717) is 0 Å². The summed E-state index contributed by atoms with van der Waals surface area (Å²) in [5, 5.41) is 0. The molecule has 1 aromatic heterocycles.